The fourth-order valence-electron chi connectivity index (χ4n) is 2.65. The van der Waals surface area contributed by atoms with Crippen molar-refractivity contribution in [2.75, 3.05) is 4.43 Å². The summed E-state index contributed by atoms with van der Waals surface area (Å²) in [4.78, 5) is 0. The van der Waals surface area contributed by atoms with Crippen molar-refractivity contribution in [1.29, 1.82) is 0 Å². The third-order valence-corrected chi connectivity index (χ3v) is 4.36. The monoisotopic (exact) mass is 328 g/mol. The summed E-state index contributed by atoms with van der Waals surface area (Å²) < 4.78 is 1.27. The molecule has 0 aliphatic heterocycles. The van der Waals surface area contributed by atoms with Gasteiger partial charge in [0.2, 0.25) is 0 Å². The van der Waals surface area contributed by atoms with Crippen LogP contribution in [0.4, 0.5) is 0 Å². The van der Waals surface area contributed by atoms with E-state index in [2.05, 4.69) is 49.4 Å². The normalized spacial score (nSPS) is 23.2. The van der Waals surface area contributed by atoms with Crippen molar-refractivity contribution < 1.29 is 0 Å². The summed E-state index contributed by atoms with van der Waals surface area (Å²) in [7, 11) is 5.68. The molecule has 0 saturated carbocycles. The van der Waals surface area contributed by atoms with E-state index in [9.17, 15) is 0 Å². The smallest absolute Gasteiger partial charge is 0.0653 e. The largest absolute Gasteiger partial charge is 0.0881 e. The maximum Gasteiger partial charge on any atom is 0.0653 e. The molecule has 1 rings (SSSR count). The quantitative estimate of drug-likeness (QED) is 0.376. The molecule has 0 heterocycles. The fraction of sp³-hybridized carbons (Fsp3) is 0.714. The number of rotatable bonds is 6. The van der Waals surface area contributed by atoms with Crippen molar-refractivity contribution in [1.82, 2.24) is 0 Å². The minimum atomic E-state index is 0.677. The molecule has 0 N–H and O–H groups in total. The van der Waals surface area contributed by atoms with Gasteiger partial charge in [-0.3, -0.25) is 0 Å². The first kappa shape index (κ1) is 14.3. The van der Waals surface area contributed by atoms with Gasteiger partial charge in [-0.2, -0.15) is 0 Å². The number of alkyl halides is 1. The van der Waals surface area contributed by atoms with E-state index >= 15 is 0 Å². The average Bonchev–Trinajstić information content (AvgIpc) is 2.23. The Balaban J connectivity index is 2.83. The second-order valence-electron chi connectivity index (χ2n) is 4.76. The zero-order valence-corrected chi connectivity index (χ0v) is 12.9. The molecule has 2 atom stereocenters. The zero-order chi connectivity index (χ0) is 12.1. The molecule has 0 fully saturated rings. The molecule has 0 nitrogen and oxygen atoms in total. The van der Waals surface area contributed by atoms with Crippen LogP contribution in [0.2, 0.25) is 6.32 Å². The van der Waals surface area contributed by atoms with E-state index in [0.717, 1.165) is 18.7 Å². The number of halogens is 1. The van der Waals surface area contributed by atoms with Crippen molar-refractivity contribution in [2.24, 2.45) is 11.8 Å². The van der Waals surface area contributed by atoms with Crippen LogP contribution in [0, 0.1) is 11.8 Å². The molecule has 0 bridgehead atoms. The minimum Gasteiger partial charge on any atom is -0.0881 e. The Bertz CT molecular complexity index is 291. The minimum absolute atomic E-state index is 0.677. The van der Waals surface area contributed by atoms with E-state index in [-0.39, 0.29) is 0 Å². The highest BCUT2D eigenvalue weighted by Gasteiger charge is 2.31. The van der Waals surface area contributed by atoms with E-state index < -0.39 is 0 Å². The maximum absolute atomic E-state index is 5.68. The molecule has 2 radical (unpaired) electrons. The van der Waals surface area contributed by atoms with E-state index in [1.807, 2.05) is 0 Å². The molecule has 0 amide bonds. The van der Waals surface area contributed by atoms with Crippen molar-refractivity contribution in [3.05, 3.63) is 22.8 Å². The van der Waals surface area contributed by atoms with Gasteiger partial charge in [0.15, 0.2) is 0 Å². The van der Waals surface area contributed by atoms with Crippen molar-refractivity contribution in [3.63, 3.8) is 0 Å². The van der Waals surface area contributed by atoms with Gasteiger partial charge >= 0.3 is 0 Å². The molecule has 0 aromatic heterocycles. The highest BCUT2D eigenvalue weighted by molar-refractivity contribution is 14.1. The number of allylic oxidation sites excluding steroid dienone is 4. The molecular weight excluding hydrogens is 306 g/mol. The van der Waals surface area contributed by atoms with Crippen LogP contribution in [0.5, 0.6) is 0 Å². The highest BCUT2D eigenvalue weighted by Crippen LogP contribution is 2.46. The maximum atomic E-state index is 5.68. The fourth-order valence-corrected chi connectivity index (χ4v) is 3.40. The van der Waals surface area contributed by atoms with Crippen molar-refractivity contribution >= 4 is 30.4 Å². The second kappa shape index (κ2) is 6.88. The summed E-state index contributed by atoms with van der Waals surface area (Å²) in [5.74, 6) is 1.51. The Kier molecular flexibility index (Phi) is 6.16. The molecular formula is C14H22BI. The molecule has 1 aliphatic carbocycles. The lowest BCUT2D eigenvalue weighted by Crippen LogP contribution is -2.24. The first-order chi connectivity index (χ1) is 7.65. The van der Waals surface area contributed by atoms with Gasteiger partial charge in [0.25, 0.3) is 0 Å². The summed E-state index contributed by atoms with van der Waals surface area (Å²) in [5, 5.41) is 0. The van der Waals surface area contributed by atoms with Gasteiger partial charge in [-0.05, 0) is 44.1 Å². The number of hydrogen-bond donors (Lipinski definition) is 0. The summed E-state index contributed by atoms with van der Waals surface area (Å²) in [6.45, 7) is 6.72. The van der Waals surface area contributed by atoms with Gasteiger partial charge in [-0.25, -0.2) is 0 Å². The average molecular weight is 328 g/mol. The third-order valence-electron chi connectivity index (χ3n) is 3.74. The van der Waals surface area contributed by atoms with Gasteiger partial charge in [-0.1, -0.05) is 59.5 Å². The summed E-state index contributed by atoms with van der Waals surface area (Å²) >= 11 is 2.49. The zero-order valence-electron chi connectivity index (χ0n) is 10.7. The van der Waals surface area contributed by atoms with E-state index in [1.54, 1.807) is 11.1 Å². The summed E-state index contributed by atoms with van der Waals surface area (Å²) in [5.41, 5.74) is 4.81. The molecule has 2 unspecified atom stereocenters. The molecule has 16 heavy (non-hydrogen) atoms. The first-order valence-electron chi connectivity index (χ1n) is 6.27. The Morgan fingerprint density at radius 2 is 2.31 bits per heavy atom. The molecule has 88 valence electrons. The van der Waals surface area contributed by atoms with Gasteiger partial charge in [0.05, 0.1) is 7.85 Å². The van der Waals surface area contributed by atoms with Gasteiger partial charge < -0.3 is 0 Å². The molecule has 2 heteroatoms. The van der Waals surface area contributed by atoms with Crippen LogP contribution in [-0.4, -0.2) is 12.3 Å². The van der Waals surface area contributed by atoms with Crippen LogP contribution >= 0.6 is 22.6 Å². The molecule has 1 aliphatic rings. The second-order valence-corrected chi connectivity index (χ2v) is 5.84. The van der Waals surface area contributed by atoms with E-state index in [1.165, 1.54) is 22.8 Å². The lowest BCUT2D eigenvalue weighted by molar-refractivity contribution is 0.439. The molecule has 0 saturated heterocycles. The lowest BCUT2D eigenvalue weighted by Gasteiger charge is -2.38. The van der Waals surface area contributed by atoms with Crippen LogP contribution < -0.4 is 0 Å². The predicted octanol–water partition coefficient (Wildman–Crippen LogP) is 4.71. The first-order valence-corrected chi connectivity index (χ1v) is 7.80. The van der Waals surface area contributed by atoms with E-state index in [0.29, 0.717) is 5.92 Å². The molecule has 0 aromatic carbocycles. The molecule has 0 aromatic rings. The van der Waals surface area contributed by atoms with Gasteiger partial charge in [0, 0.05) is 4.43 Å². The van der Waals surface area contributed by atoms with Crippen LogP contribution in [0.3, 0.4) is 0 Å². The predicted molar refractivity (Wildman–Crippen MR) is 82.4 cm³/mol. The van der Waals surface area contributed by atoms with Gasteiger partial charge in [-0.15, -0.1) is 0 Å². The summed E-state index contributed by atoms with van der Waals surface area (Å²) in [6, 6.07) is 0. The standard InChI is InChI=1S/C14H22BI/c1-4-10(2)13-9-12(6-8-16)14(13)11(3)5-7-15/h4,11-12H,5-9H2,1-3H3/b10-4-. The lowest BCUT2D eigenvalue weighted by atomic mass is 9.67. The highest BCUT2D eigenvalue weighted by atomic mass is 127. The Hall–Kier alpha value is 0.275. The van der Waals surface area contributed by atoms with Crippen molar-refractivity contribution in [3.8, 4) is 0 Å². The Labute approximate surface area is 116 Å². The topological polar surface area (TPSA) is 0 Å². The Morgan fingerprint density at radius 1 is 1.62 bits per heavy atom. The Morgan fingerprint density at radius 3 is 2.81 bits per heavy atom. The number of hydrogen-bond acceptors (Lipinski definition) is 0. The summed E-state index contributed by atoms with van der Waals surface area (Å²) in [6.07, 6.45) is 6.82. The van der Waals surface area contributed by atoms with Crippen LogP contribution in [-0.2, 0) is 0 Å². The van der Waals surface area contributed by atoms with Crippen molar-refractivity contribution in [2.45, 2.75) is 46.4 Å². The van der Waals surface area contributed by atoms with Crippen LogP contribution in [0.1, 0.15) is 40.0 Å². The SMILES string of the molecule is [B]CCC(C)C1=C(/C(C)=C\C)CC1CCI. The van der Waals surface area contributed by atoms with E-state index in [4.69, 9.17) is 7.85 Å². The van der Waals surface area contributed by atoms with Gasteiger partial charge in [0.1, 0.15) is 0 Å². The van der Waals surface area contributed by atoms with Crippen LogP contribution in [0.15, 0.2) is 22.8 Å². The molecule has 0 spiro atoms. The van der Waals surface area contributed by atoms with Crippen LogP contribution in [0.25, 0.3) is 0 Å². The third kappa shape index (κ3) is 3.15.